The molecule has 0 spiro atoms. The molecule has 1 atom stereocenters. The van der Waals surface area contributed by atoms with Crippen LogP contribution in [0.5, 0.6) is 11.5 Å². The number of hydrogen-bond donors (Lipinski definition) is 0. The van der Waals surface area contributed by atoms with Crippen LogP contribution in [0.1, 0.15) is 15.9 Å². The molecule has 1 unspecified atom stereocenters. The molecule has 25 heavy (non-hydrogen) atoms. The van der Waals surface area contributed by atoms with Crippen LogP contribution in [-0.4, -0.2) is 42.0 Å². The molecule has 1 aliphatic rings. The fourth-order valence-corrected chi connectivity index (χ4v) is 2.70. The monoisotopic (exact) mass is 342 g/mol. The molecule has 7 nitrogen and oxygen atoms in total. The number of rotatable bonds is 4. The van der Waals surface area contributed by atoms with Gasteiger partial charge in [0.1, 0.15) is 6.61 Å². The summed E-state index contributed by atoms with van der Waals surface area (Å²) in [4.78, 5) is 24.6. The number of nitro benzene ring substituents is 1. The van der Waals surface area contributed by atoms with E-state index in [0.29, 0.717) is 30.2 Å². The van der Waals surface area contributed by atoms with Crippen LogP contribution >= 0.6 is 0 Å². The van der Waals surface area contributed by atoms with Gasteiger partial charge < -0.3 is 14.4 Å². The number of amides is 1. The molecule has 0 aromatic heterocycles. The third kappa shape index (κ3) is 3.55. The van der Waals surface area contributed by atoms with Gasteiger partial charge in [0.15, 0.2) is 17.6 Å². The molecule has 0 N–H and O–H groups in total. The first-order valence-corrected chi connectivity index (χ1v) is 7.84. The second-order valence-corrected chi connectivity index (χ2v) is 5.94. The number of aryl methyl sites for hydroxylation is 1. The lowest BCUT2D eigenvalue weighted by Crippen LogP contribution is -2.41. The molecule has 0 bridgehead atoms. The number of carbonyl (C=O) groups is 1. The first-order chi connectivity index (χ1) is 12.0. The van der Waals surface area contributed by atoms with Crippen molar-refractivity contribution in [2.24, 2.45) is 0 Å². The van der Waals surface area contributed by atoms with Gasteiger partial charge in [-0.05, 0) is 25.1 Å². The standard InChI is InChI=1S/C18H18N2O5/c1-12-7-8-13(9-15(12)20(22)23)18(21)19(2)10-14-11-24-16-5-3-4-6-17(16)25-14/h3-9,14H,10-11H2,1-2H3. The molecule has 0 saturated heterocycles. The van der Waals surface area contributed by atoms with Crippen LogP contribution in [0, 0.1) is 17.0 Å². The second kappa shape index (κ2) is 6.80. The molecule has 0 fully saturated rings. The summed E-state index contributed by atoms with van der Waals surface area (Å²) in [5.41, 5.74) is 0.729. The molecule has 3 rings (SSSR count). The Morgan fingerprint density at radius 1 is 1.28 bits per heavy atom. The summed E-state index contributed by atoms with van der Waals surface area (Å²) < 4.78 is 11.5. The average Bonchev–Trinajstić information content (AvgIpc) is 2.61. The van der Waals surface area contributed by atoms with E-state index in [2.05, 4.69) is 0 Å². The number of nitrogens with zero attached hydrogens (tertiary/aromatic N) is 2. The molecule has 2 aromatic rings. The molecule has 1 amide bonds. The summed E-state index contributed by atoms with van der Waals surface area (Å²) in [5.74, 6) is 1.03. The zero-order valence-corrected chi connectivity index (χ0v) is 14.0. The second-order valence-electron chi connectivity index (χ2n) is 5.94. The normalized spacial score (nSPS) is 15.5. The molecule has 130 valence electrons. The largest absolute Gasteiger partial charge is 0.486 e. The van der Waals surface area contributed by atoms with Crippen LogP contribution in [0.15, 0.2) is 42.5 Å². The third-order valence-electron chi connectivity index (χ3n) is 4.04. The zero-order valence-electron chi connectivity index (χ0n) is 14.0. The zero-order chi connectivity index (χ0) is 18.0. The fraction of sp³-hybridized carbons (Fsp3) is 0.278. The lowest BCUT2D eigenvalue weighted by Gasteiger charge is -2.29. The maximum atomic E-state index is 12.6. The quantitative estimate of drug-likeness (QED) is 0.630. The van der Waals surface area contributed by atoms with Crippen molar-refractivity contribution in [3.8, 4) is 11.5 Å². The van der Waals surface area contributed by atoms with Crippen LogP contribution in [-0.2, 0) is 0 Å². The van der Waals surface area contributed by atoms with E-state index in [0.717, 1.165) is 0 Å². The summed E-state index contributed by atoms with van der Waals surface area (Å²) in [6.45, 7) is 2.29. The molecular formula is C18H18N2O5. The summed E-state index contributed by atoms with van der Waals surface area (Å²) in [6.07, 6.45) is -0.302. The van der Waals surface area contributed by atoms with E-state index in [1.54, 1.807) is 26.1 Å². The Bertz CT molecular complexity index is 821. The number of carbonyl (C=O) groups excluding carboxylic acids is 1. The van der Waals surface area contributed by atoms with Crippen molar-refractivity contribution in [2.45, 2.75) is 13.0 Å². The molecular weight excluding hydrogens is 324 g/mol. The maximum Gasteiger partial charge on any atom is 0.273 e. The van der Waals surface area contributed by atoms with Crippen LogP contribution in [0.3, 0.4) is 0 Å². The smallest absolute Gasteiger partial charge is 0.273 e. The van der Waals surface area contributed by atoms with E-state index < -0.39 is 4.92 Å². The Kier molecular flexibility index (Phi) is 4.56. The Morgan fingerprint density at radius 3 is 2.72 bits per heavy atom. The van der Waals surface area contributed by atoms with E-state index in [1.165, 1.54) is 11.0 Å². The topological polar surface area (TPSA) is 81.9 Å². The van der Waals surface area contributed by atoms with Crippen LogP contribution < -0.4 is 9.47 Å². The number of benzene rings is 2. The number of para-hydroxylation sites is 2. The fourth-order valence-electron chi connectivity index (χ4n) is 2.70. The van der Waals surface area contributed by atoms with Gasteiger partial charge >= 0.3 is 0 Å². The molecule has 1 heterocycles. The van der Waals surface area contributed by atoms with Crippen molar-refractivity contribution < 1.29 is 19.2 Å². The molecule has 0 radical (unpaired) electrons. The molecule has 2 aromatic carbocycles. The summed E-state index contributed by atoms with van der Waals surface area (Å²) in [6, 6.07) is 11.8. The van der Waals surface area contributed by atoms with Gasteiger partial charge in [-0.3, -0.25) is 14.9 Å². The number of fused-ring (bicyclic) bond motifs is 1. The van der Waals surface area contributed by atoms with E-state index in [9.17, 15) is 14.9 Å². The Labute approximate surface area is 144 Å². The number of hydrogen-bond acceptors (Lipinski definition) is 5. The lowest BCUT2D eigenvalue weighted by atomic mass is 10.1. The Hall–Kier alpha value is -3.09. The minimum absolute atomic E-state index is 0.0644. The average molecular weight is 342 g/mol. The number of nitro groups is 1. The van der Waals surface area contributed by atoms with E-state index in [1.807, 2.05) is 24.3 Å². The highest BCUT2D eigenvalue weighted by atomic mass is 16.6. The van der Waals surface area contributed by atoms with Gasteiger partial charge in [0.2, 0.25) is 0 Å². The first kappa shape index (κ1) is 16.8. The van der Waals surface area contributed by atoms with Crippen LogP contribution in [0.25, 0.3) is 0 Å². The van der Waals surface area contributed by atoms with Gasteiger partial charge in [0.05, 0.1) is 11.5 Å². The SMILES string of the molecule is Cc1ccc(C(=O)N(C)CC2COc3ccccc3O2)cc1[N+](=O)[O-]. The summed E-state index contributed by atoms with van der Waals surface area (Å²) in [5, 5.41) is 11.0. The summed E-state index contributed by atoms with van der Waals surface area (Å²) in [7, 11) is 1.64. The predicted octanol–water partition coefficient (Wildman–Crippen LogP) is 2.82. The number of ether oxygens (including phenoxy) is 2. The highest BCUT2D eigenvalue weighted by molar-refractivity contribution is 5.94. The van der Waals surface area contributed by atoms with Gasteiger partial charge in [0, 0.05) is 24.2 Å². The van der Waals surface area contributed by atoms with Gasteiger partial charge in [-0.15, -0.1) is 0 Å². The van der Waals surface area contributed by atoms with Gasteiger partial charge in [-0.25, -0.2) is 0 Å². The highest BCUT2D eigenvalue weighted by Gasteiger charge is 2.25. The van der Waals surface area contributed by atoms with Crippen LogP contribution in [0.4, 0.5) is 5.69 Å². The lowest BCUT2D eigenvalue weighted by molar-refractivity contribution is -0.385. The first-order valence-electron chi connectivity index (χ1n) is 7.84. The molecule has 0 saturated carbocycles. The minimum atomic E-state index is -0.485. The van der Waals surface area contributed by atoms with Crippen molar-refractivity contribution in [1.82, 2.24) is 4.90 Å². The number of likely N-dealkylation sites (N-methyl/N-ethyl adjacent to an activating group) is 1. The minimum Gasteiger partial charge on any atom is -0.486 e. The summed E-state index contributed by atoms with van der Waals surface area (Å²) >= 11 is 0. The van der Waals surface area contributed by atoms with Crippen molar-refractivity contribution in [3.05, 3.63) is 63.7 Å². The van der Waals surface area contributed by atoms with Crippen molar-refractivity contribution in [2.75, 3.05) is 20.2 Å². The predicted molar refractivity (Wildman–Crippen MR) is 91.1 cm³/mol. The Balaban J connectivity index is 1.69. The molecule has 0 aliphatic carbocycles. The van der Waals surface area contributed by atoms with Gasteiger partial charge in [-0.2, -0.15) is 0 Å². The van der Waals surface area contributed by atoms with E-state index >= 15 is 0 Å². The highest BCUT2D eigenvalue weighted by Crippen LogP contribution is 2.31. The molecule has 7 heteroatoms. The van der Waals surface area contributed by atoms with E-state index in [4.69, 9.17) is 9.47 Å². The van der Waals surface area contributed by atoms with Gasteiger partial charge in [-0.1, -0.05) is 18.2 Å². The third-order valence-corrected chi connectivity index (χ3v) is 4.04. The van der Waals surface area contributed by atoms with E-state index in [-0.39, 0.29) is 23.3 Å². The van der Waals surface area contributed by atoms with Crippen LogP contribution in [0.2, 0.25) is 0 Å². The van der Waals surface area contributed by atoms with Crippen molar-refractivity contribution >= 4 is 11.6 Å². The Morgan fingerprint density at radius 2 is 2.00 bits per heavy atom. The maximum absolute atomic E-state index is 12.6. The van der Waals surface area contributed by atoms with Crippen molar-refractivity contribution in [1.29, 1.82) is 0 Å². The molecule has 1 aliphatic heterocycles. The van der Waals surface area contributed by atoms with Crippen molar-refractivity contribution in [3.63, 3.8) is 0 Å². The van der Waals surface area contributed by atoms with Gasteiger partial charge in [0.25, 0.3) is 11.6 Å².